The summed E-state index contributed by atoms with van der Waals surface area (Å²) in [5, 5.41) is 16.8. The van der Waals surface area contributed by atoms with E-state index in [1.54, 1.807) is 35.9 Å². The summed E-state index contributed by atoms with van der Waals surface area (Å²) in [4.78, 5) is 32.2. The maximum Gasteiger partial charge on any atom is 0.325 e. The molecule has 1 aromatic carbocycles. The summed E-state index contributed by atoms with van der Waals surface area (Å²) in [6.45, 7) is 2.27. The number of nitrogens with zero attached hydrogens (tertiary/aromatic N) is 3. The molecule has 2 atom stereocenters. The molecule has 9 nitrogen and oxygen atoms in total. The Balaban J connectivity index is 1.44. The second kappa shape index (κ2) is 9.29. The summed E-state index contributed by atoms with van der Waals surface area (Å²) < 4.78 is 7.93. The maximum atomic E-state index is 13.3. The number of benzene rings is 1. The third kappa shape index (κ3) is 4.13. The van der Waals surface area contributed by atoms with Crippen molar-refractivity contribution in [2.24, 2.45) is 0 Å². The lowest BCUT2D eigenvalue weighted by atomic mass is 10.2. The number of aromatic nitrogens is 2. The number of likely N-dealkylation sites (tertiary alicyclic amines) is 1. The SMILES string of the molecule is CNC(=O)n1c(C)cc2cc(Nc3ccnc4cc(C(=O)N5CC(OC)CC5CO)sc34)ccc21. The highest BCUT2D eigenvalue weighted by Crippen LogP contribution is 2.35. The van der Waals surface area contributed by atoms with Crippen molar-refractivity contribution < 1.29 is 19.4 Å². The van der Waals surface area contributed by atoms with Gasteiger partial charge in [0.05, 0.1) is 45.1 Å². The number of aryl methyl sites for hydroxylation is 1. The number of hydrogen-bond donors (Lipinski definition) is 3. The first kappa shape index (κ1) is 23.3. The molecule has 0 radical (unpaired) electrons. The van der Waals surface area contributed by atoms with E-state index in [9.17, 15) is 14.7 Å². The number of pyridine rings is 1. The van der Waals surface area contributed by atoms with E-state index in [0.717, 1.165) is 38.2 Å². The van der Waals surface area contributed by atoms with Crippen LogP contribution in [0, 0.1) is 6.92 Å². The molecule has 35 heavy (non-hydrogen) atoms. The van der Waals surface area contributed by atoms with Gasteiger partial charge in [0.15, 0.2) is 0 Å². The quantitative estimate of drug-likeness (QED) is 0.391. The van der Waals surface area contributed by atoms with Gasteiger partial charge in [0.1, 0.15) is 0 Å². The Morgan fingerprint density at radius 3 is 2.83 bits per heavy atom. The van der Waals surface area contributed by atoms with Crippen LogP contribution in [0.4, 0.5) is 16.2 Å². The van der Waals surface area contributed by atoms with Crippen LogP contribution in [0.1, 0.15) is 21.8 Å². The van der Waals surface area contributed by atoms with Gasteiger partial charge in [0, 0.05) is 43.7 Å². The van der Waals surface area contributed by atoms with Crippen LogP contribution in [0.25, 0.3) is 21.1 Å². The van der Waals surface area contributed by atoms with Crippen molar-refractivity contribution >= 4 is 55.8 Å². The minimum Gasteiger partial charge on any atom is -0.394 e. The molecule has 4 aromatic rings. The van der Waals surface area contributed by atoms with Crippen LogP contribution >= 0.6 is 11.3 Å². The lowest BCUT2D eigenvalue weighted by Crippen LogP contribution is -2.37. The van der Waals surface area contributed by atoms with Gasteiger partial charge in [0.25, 0.3) is 5.91 Å². The standard InChI is InChI=1S/C25H27N5O4S/c1-14-8-15-9-16(4-5-21(15)30(14)25(33)26-2)28-19-6-7-27-20-11-22(35-23(19)20)24(32)29-12-18(34-3)10-17(29)13-31/h4-9,11,17-18,31H,10,12-13H2,1-3H3,(H,26,33)(H,27,28). The topological polar surface area (TPSA) is 109 Å². The predicted molar refractivity (Wildman–Crippen MR) is 137 cm³/mol. The number of amides is 2. The normalized spacial score (nSPS) is 17.9. The van der Waals surface area contributed by atoms with Gasteiger partial charge < -0.3 is 25.4 Å². The van der Waals surface area contributed by atoms with E-state index in [2.05, 4.69) is 15.6 Å². The van der Waals surface area contributed by atoms with E-state index in [1.165, 1.54) is 11.3 Å². The number of rotatable bonds is 5. The summed E-state index contributed by atoms with van der Waals surface area (Å²) in [7, 11) is 3.24. The van der Waals surface area contributed by atoms with Gasteiger partial charge in [-0.2, -0.15) is 0 Å². The van der Waals surface area contributed by atoms with Crippen LogP contribution in [0.3, 0.4) is 0 Å². The van der Waals surface area contributed by atoms with Crippen LogP contribution in [0.2, 0.25) is 0 Å². The highest BCUT2D eigenvalue weighted by Gasteiger charge is 2.36. The number of aliphatic hydroxyl groups is 1. The molecular formula is C25H27N5O4S. The molecule has 1 aliphatic rings. The number of nitrogens with one attached hydrogen (secondary N) is 2. The average Bonchev–Trinajstić information content (AvgIpc) is 3.57. The van der Waals surface area contributed by atoms with Crippen molar-refractivity contribution in [3.05, 3.63) is 53.2 Å². The Hall–Kier alpha value is -3.47. The van der Waals surface area contributed by atoms with Crippen LogP contribution in [-0.4, -0.2) is 71.0 Å². The molecule has 1 fully saturated rings. The zero-order chi connectivity index (χ0) is 24.7. The molecule has 4 heterocycles. The molecule has 0 aliphatic carbocycles. The van der Waals surface area contributed by atoms with Crippen LogP contribution in [0.15, 0.2) is 42.6 Å². The summed E-state index contributed by atoms with van der Waals surface area (Å²) in [6, 6.07) is 11.1. The molecule has 1 saturated heterocycles. The molecule has 0 bridgehead atoms. The second-order valence-corrected chi connectivity index (χ2v) is 9.70. The number of thiophene rings is 1. The second-order valence-electron chi connectivity index (χ2n) is 8.65. The smallest absolute Gasteiger partial charge is 0.325 e. The zero-order valence-corrected chi connectivity index (χ0v) is 20.6. The Morgan fingerprint density at radius 1 is 1.26 bits per heavy atom. The largest absolute Gasteiger partial charge is 0.394 e. The summed E-state index contributed by atoms with van der Waals surface area (Å²) in [6.07, 6.45) is 2.26. The molecule has 2 unspecified atom stereocenters. The first-order chi connectivity index (χ1) is 16.9. The number of carbonyl (C=O) groups is 2. The Kier molecular flexibility index (Phi) is 6.18. The molecule has 2 amide bonds. The Morgan fingerprint density at radius 2 is 2.09 bits per heavy atom. The maximum absolute atomic E-state index is 13.3. The van der Waals surface area contributed by atoms with Crippen molar-refractivity contribution in [1.29, 1.82) is 0 Å². The average molecular weight is 494 g/mol. The first-order valence-corrected chi connectivity index (χ1v) is 12.2. The van der Waals surface area contributed by atoms with Crippen molar-refractivity contribution in [2.45, 2.75) is 25.5 Å². The number of carbonyl (C=O) groups excluding carboxylic acids is 2. The fourth-order valence-corrected chi connectivity index (χ4v) is 5.76. The van der Waals surface area contributed by atoms with Gasteiger partial charge in [-0.3, -0.25) is 14.3 Å². The number of anilines is 2. The van der Waals surface area contributed by atoms with Gasteiger partial charge in [0.2, 0.25) is 0 Å². The third-order valence-corrected chi connectivity index (χ3v) is 7.63. The number of aliphatic hydroxyl groups excluding tert-OH is 1. The fourth-order valence-electron chi connectivity index (χ4n) is 4.72. The minimum atomic E-state index is -0.250. The van der Waals surface area contributed by atoms with E-state index in [-0.39, 0.29) is 30.7 Å². The van der Waals surface area contributed by atoms with E-state index in [1.807, 2.05) is 37.3 Å². The number of fused-ring (bicyclic) bond motifs is 2. The lowest BCUT2D eigenvalue weighted by molar-refractivity contribution is 0.0652. The molecule has 10 heteroatoms. The molecule has 5 rings (SSSR count). The zero-order valence-electron chi connectivity index (χ0n) is 19.7. The number of hydrogen-bond acceptors (Lipinski definition) is 7. The Labute approximate surface area is 206 Å². The van der Waals surface area contributed by atoms with Gasteiger partial charge >= 0.3 is 6.03 Å². The van der Waals surface area contributed by atoms with E-state index in [0.29, 0.717) is 17.8 Å². The summed E-state index contributed by atoms with van der Waals surface area (Å²) >= 11 is 1.38. The van der Waals surface area contributed by atoms with E-state index in [4.69, 9.17) is 4.74 Å². The van der Waals surface area contributed by atoms with Gasteiger partial charge in [-0.25, -0.2) is 4.79 Å². The van der Waals surface area contributed by atoms with Gasteiger partial charge in [-0.05, 0) is 49.7 Å². The predicted octanol–water partition coefficient (Wildman–Crippen LogP) is 3.71. The van der Waals surface area contributed by atoms with E-state index >= 15 is 0 Å². The van der Waals surface area contributed by atoms with Crippen LogP contribution < -0.4 is 10.6 Å². The fraction of sp³-hybridized carbons (Fsp3) is 0.320. The van der Waals surface area contributed by atoms with Gasteiger partial charge in [-0.15, -0.1) is 11.3 Å². The highest BCUT2D eigenvalue weighted by molar-refractivity contribution is 7.21. The highest BCUT2D eigenvalue weighted by atomic mass is 32.1. The molecule has 3 N–H and O–H groups in total. The van der Waals surface area contributed by atoms with Crippen molar-refractivity contribution in [1.82, 2.24) is 19.8 Å². The third-order valence-electron chi connectivity index (χ3n) is 6.49. The monoisotopic (exact) mass is 493 g/mol. The van der Waals surface area contributed by atoms with Crippen molar-refractivity contribution in [3.63, 3.8) is 0 Å². The summed E-state index contributed by atoms with van der Waals surface area (Å²) in [5.74, 6) is -0.120. The number of methoxy groups -OCH3 is 1. The van der Waals surface area contributed by atoms with Crippen molar-refractivity contribution in [2.75, 3.05) is 32.6 Å². The number of ether oxygens (including phenoxy) is 1. The van der Waals surface area contributed by atoms with Crippen LogP contribution in [-0.2, 0) is 4.74 Å². The summed E-state index contributed by atoms with van der Waals surface area (Å²) in [5.41, 5.74) is 4.12. The molecule has 0 saturated carbocycles. The molecule has 3 aromatic heterocycles. The minimum absolute atomic E-state index is 0.0716. The van der Waals surface area contributed by atoms with Crippen molar-refractivity contribution in [3.8, 4) is 0 Å². The molecular weight excluding hydrogens is 466 g/mol. The van der Waals surface area contributed by atoms with Crippen LogP contribution in [0.5, 0.6) is 0 Å². The van der Waals surface area contributed by atoms with E-state index < -0.39 is 0 Å². The Bertz CT molecular complexity index is 1430. The lowest BCUT2D eigenvalue weighted by Gasteiger charge is -2.21. The first-order valence-electron chi connectivity index (χ1n) is 11.4. The van der Waals surface area contributed by atoms with Gasteiger partial charge in [-0.1, -0.05) is 0 Å². The molecule has 1 aliphatic heterocycles. The molecule has 182 valence electrons. The molecule has 0 spiro atoms.